The number of anilines is 1. The Kier molecular flexibility index (Phi) is 11.6. The van der Waals surface area contributed by atoms with Crippen LogP contribution in [-0.4, -0.2) is 53.7 Å². The van der Waals surface area contributed by atoms with Crippen LogP contribution in [0, 0.1) is 0 Å². The van der Waals surface area contributed by atoms with Gasteiger partial charge in [0.25, 0.3) is 0 Å². The lowest BCUT2D eigenvalue weighted by molar-refractivity contribution is -0.0390. The molecule has 1 fully saturated rings. The number of nitrogens with one attached hydrogen (secondary N) is 2. The van der Waals surface area contributed by atoms with E-state index < -0.39 is 0 Å². The standard InChI is InChI=1S/C24H33N3O5.HI/c1-25-24(27-19-13-21(28-2)23(30-4)22(14-19)29-3)26-15-17-5-7-18(8-6-17)16-32-20-9-11-31-12-10-20;/h5-8,13-14,20H,9-12,15-16H2,1-4H3,(H2,25,26,27);1H. The lowest BCUT2D eigenvalue weighted by Crippen LogP contribution is -2.30. The van der Waals surface area contributed by atoms with Crippen molar-refractivity contribution in [1.29, 1.82) is 0 Å². The van der Waals surface area contributed by atoms with Crippen LogP contribution in [0.15, 0.2) is 41.4 Å². The Bertz CT molecular complexity index is 861. The van der Waals surface area contributed by atoms with Crippen LogP contribution in [0.4, 0.5) is 5.69 Å². The Hall–Kier alpha value is -2.24. The van der Waals surface area contributed by atoms with Gasteiger partial charge in [-0.3, -0.25) is 4.99 Å². The Labute approximate surface area is 213 Å². The molecule has 0 amide bonds. The first-order valence-electron chi connectivity index (χ1n) is 10.7. The first-order valence-corrected chi connectivity index (χ1v) is 10.7. The zero-order chi connectivity index (χ0) is 22.8. The van der Waals surface area contributed by atoms with Gasteiger partial charge in [0.2, 0.25) is 5.75 Å². The minimum atomic E-state index is 0. The van der Waals surface area contributed by atoms with E-state index in [1.807, 2.05) is 12.1 Å². The second-order valence-corrected chi connectivity index (χ2v) is 7.40. The molecule has 9 heteroatoms. The number of ether oxygens (including phenoxy) is 5. The van der Waals surface area contributed by atoms with Crippen molar-refractivity contribution in [1.82, 2.24) is 5.32 Å². The zero-order valence-electron chi connectivity index (χ0n) is 19.7. The van der Waals surface area contributed by atoms with E-state index in [-0.39, 0.29) is 24.0 Å². The van der Waals surface area contributed by atoms with Gasteiger partial charge < -0.3 is 34.3 Å². The van der Waals surface area contributed by atoms with Crippen molar-refractivity contribution in [3.8, 4) is 17.2 Å². The first-order chi connectivity index (χ1) is 15.7. The third kappa shape index (κ3) is 7.94. The zero-order valence-corrected chi connectivity index (χ0v) is 22.0. The fourth-order valence-corrected chi connectivity index (χ4v) is 3.46. The molecule has 0 saturated carbocycles. The quantitative estimate of drug-likeness (QED) is 0.265. The summed E-state index contributed by atoms with van der Waals surface area (Å²) < 4.78 is 27.6. The van der Waals surface area contributed by atoms with Gasteiger partial charge in [-0.1, -0.05) is 24.3 Å². The van der Waals surface area contributed by atoms with Crippen LogP contribution in [0.5, 0.6) is 17.2 Å². The molecule has 0 radical (unpaired) electrons. The first kappa shape index (κ1) is 27.0. The van der Waals surface area contributed by atoms with Crippen molar-refractivity contribution in [3.63, 3.8) is 0 Å². The third-order valence-corrected chi connectivity index (χ3v) is 5.29. The SMILES string of the molecule is CN=C(NCc1ccc(COC2CCOCC2)cc1)Nc1cc(OC)c(OC)c(OC)c1.I. The van der Waals surface area contributed by atoms with Crippen molar-refractivity contribution >= 4 is 35.6 Å². The van der Waals surface area contributed by atoms with Gasteiger partial charge in [0.15, 0.2) is 17.5 Å². The lowest BCUT2D eigenvalue weighted by atomic mass is 10.1. The van der Waals surface area contributed by atoms with Crippen molar-refractivity contribution < 1.29 is 23.7 Å². The average Bonchev–Trinajstić information content (AvgIpc) is 2.85. The monoisotopic (exact) mass is 571 g/mol. The number of hydrogen-bond donors (Lipinski definition) is 2. The van der Waals surface area contributed by atoms with Crippen LogP contribution >= 0.6 is 24.0 Å². The Morgan fingerprint density at radius 3 is 2.12 bits per heavy atom. The van der Waals surface area contributed by atoms with Crippen LogP contribution < -0.4 is 24.8 Å². The second kappa shape index (κ2) is 14.1. The summed E-state index contributed by atoms with van der Waals surface area (Å²) in [4.78, 5) is 4.30. The Morgan fingerprint density at radius 2 is 1.58 bits per heavy atom. The summed E-state index contributed by atoms with van der Waals surface area (Å²) in [7, 11) is 6.49. The minimum absolute atomic E-state index is 0. The van der Waals surface area contributed by atoms with Crippen molar-refractivity contribution in [2.45, 2.75) is 32.1 Å². The van der Waals surface area contributed by atoms with E-state index >= 15 is 0 Å². The molecule has 3 rings (SSSR count). The Morgan fingerprint density at radius 1 is 0.970 bits per heavy atom. The van der Waals surface area contributed by atoms with Crippen molar-refractivity contribution in [2.24, 2.45) is 4.99 Å². The molecule has 2 aromatic rings. The van der Waals surface area contributed by atoms with E-state index in [0.29, 0.717) is 42.5 Å². The van der Waals surface area contributed by atoms with Gasteiger partial charge >= 0.3 is 0 Å². The van der Waals surface area contributed by atoms with E-state index in [2.05, 4.69) is 39.9 Å². The van der Waals surface area contributed by atoms with E-state index in [9.17, 15) is 0 Å². The van der Waals surface area contributed by atoms with E-state index in [1.54, 1.807) is 28.4 Å². The predicted molar refractivity (Wildman–Crippen MR) is 140 cm³/mol. The van der Waals surface area contributed by atoms with Gasteiger partial charge in [-0.05, 0) is 24.0 Å². The largest absolute Gasteiger partial charge is 0.493 e. The summed E-state index contributed by atoms with van der Waals surface area (Å²) in [5.74, 6) is 2.32. The molecule has 1 aliphatic rings. The van der Waals surface area contributed by atoms with Crippen LogP contribution in [0.3, 0.4) is 0 Å². The van der Waals surface area contributed by atoms with Gasteiger partial charge in [0, 0.05) is 44.6 Å². The summed E-state index contributed by atoms with van der Waals surface area (Å²) in [6.07, 6.45) is 2.25. The summed E-state index contributed by atoms with van der Waals surface area (Å²) in [5.41, 5.74) is 3.08. The molecule has 0 spiro atoms. The molecule has 1 saturated heterocycles. The molecule has 182 valence electrons. The molecular weight excluding hydrogens is 537 g/mol. The number of benzene rings is 2. The highest BCUT2D eigenvalue weighted by atomic mass is 127. The van der Waals surface area contributed by atoms with Crippen molar-refractivity contribution in [3.05, 3.63) is 47.5 Å². The van der Waals surface area contributed by atoms with E-state index in [0.717, 1.165) is 37.3 Å². The van der Waals surface area contributed by atoms with Crippen LogP contribution in [0.25, 0.3) is 0 Å². The summed E-state index contributed by atoms with van der Waals surface area (Å²) in [6.45, 7) is 2.84. The predicted octanol–water partition coefficient (Wildman–Crippen LogP) is 4.21. The highest BCUT2D eigenvalue weighted by molar-refractivity contribution is 14.0. The minimum Gasteiger partial charge on any atom is -0.493 e. The maximum absolute atomic E-state index is 5.99. The normalized spacial score (nSPS) is 14.2. The van der Waals surface area contributed by atoms with Crippen LogP contribution in [0.2, 0.25) is 0 Å². The maximum atomic E-state index is 5.99. The van der Waals surface area contributed by atoms with E-state index in [1.165, 1.54) is 5.56 Å². The lowest BCUT2D eigenvalue weighted by Gasteiger charge is -2.22. The number of methoxy groups -OCH3 is 3. The molecule has 0 aliphatic carbocycles. The number of aliphatic imine (C=N–C) groups is 1. The summed E-state index contributed by atoms with van der Waals surface area (Å²) >= 11 is 0. The average molecular weight is 571 g/mol. The maximum Gasteiger partial charge on any atom is 0.203 e. The summed E-state index contributed by atoms with van der Waals surface area (Å²) in [6, 6.07) is 12.1. The molecule has 0 atom stereocenters. The highest BCUT2D eigenvalue weighted by Gasteiger charge is 2.15. The fraction of sp³-hybridized carbons (Fsp3) is 0.458. The smallest absolute Gasteiger partial charge is 0.203 e. The van der Waals surface area contributed by atoms with Crippen molar-refractivity contribution in [2.75, 3.05) is 46.9 Å². The number of halogens is 1. The molecule has 1 heterocycles. The van der Waals surface area contributed by atoms with Gasteiger partial charge in [-0.25, -0.2) is 0 Å². The molecule has 1 aliphatic heterocycles. The fourth-order valence-electron chi connectivity index (χ4n) is 3.46. The molecule has 0 bridgehead atoms. The Balaban J connectivity index is 0.00000385. The van der Waals surface area contributed by atoms with Crippen LogP contribution in [-0.2, 0) is 22.6 Å². The number of rotatable bonds is 9. The molecule has 2 N–H and O–H groups in total. The number of guanidine groups is 1. The molecule has 0 unspecified atom stereocenters. The molecule has 8 nitrogen and oxygen atoms in total. The topological polar surface area (TPSA) is 82.6 Å². The number of nitrogens with zero attached hydrogens (tertiary/aromatic N) is 1. The van der Waals surface area contributed by atoms with Gasteiger partial charge in [0.05, 0.1) is 34.0 Å². The van der Waals surface area contributed by atoms with Crippen LogP contribution in [0.1, 0.15) is 24.0 Å². The highest BCUT2D eigenvalue weighted by Crippen LogP contribution is 2.39. The second-order valence-electron chi connectivity index (χ2n) is 7.40. The third-order valence-electron chi connectivity index (χ3n) is 5.29. The molecule has 0 aromatic heterocycles. The van der Waals surface area contributed by atoms with Gasteiger partial charge in [0.1, 0.15) is 0 Å². The summed E-state index contributed by atoms with van der Waals surface area (Å²) in [5, 5.41) is 6.58. The molecule has 33 heavy (non-hydrogen) atoms. The molecule has 2 aromatic carbocycles. The molecular formula is C24H34IN3O5. The number of hydrogen-bond acceptors (Lipinski definition) is 6. The van der Waals surface area contributed by atoms with Gasteiger partial charge in [-0.2, -0.15) is 0 Å². The van der Waals surface area contributed by atoms with Gasteiger partial charge in [-0.15, -0.1) is 24.0 Å². The van der Waals surface area contributed by atoms with E-state index in [4.69, 9.17) is 23.7 Å².